The van der Waals surface area contributed by atoms with Crippen molar-refractivity contribution in [2.24, 2.45) is 0 Å². The smallest absolute Gasteiger partial charge is 0.159 e. The van der Waals surface area contributed by atoms with Crippen molar-refractivity contribution in [2.45, 2.75) is 13.5 Å². The normalized spacial score (nSPS) is 10.5. The second-order valence-electron chi connectivity index (χ2n) is 3.43. The van der Waals surface area contributed by atoms with Gasteiger partial charge in [0.2, 0.25) is 0 Å². The maximum atomic E-state index is 5.63. The second kappa shape index (κ2) is 4.02. The highest BCUT2D eigenvalue weighted by Gasteiger charge is 2.02. The minimum absolute atomic E-state index is 0.510. The molecule has 2 N–H and O–H groups in total. The monoisotopic (exact) mass is 266 g/mol. The van der Waals surface area contributed by atoms with Crippen LogP contribution in [0.1, 0.15) is 11.1 Å². The Bertz CT molecular complexity index is 459. The predicted octanol–water partition coefficient (Wildman–Crippen LogP) is 1.98. The van der Waals surface area contributed by atoms with Crippen molar-refractivity contribution in [1.82, 2.24) is 14.8 Å². The molecule has 0 unspecified atom stereocenters. The first-order valence-electron chi connectivity index (χ1n) is 4.54. The molecule has 0 saturated heterocycles. The molecule has 0 bridgehead atoms. The highest BCUT2D eigenvalue weighted by molar-refractivity contribution is 9.10. The Kier molecular flexibility index (Phi) is 2.73. The Hall–Kier alpha value is -1.36. The van der Waals surface area contributed by atoms with Crippen LogP contribution in [0, 0.1) is 6.92 Å². The van der Waals surface area contributed by atoms with Gasteiger partial charge in [-0.2, -0.15) is 5.10 Å². The van der Waals surface area contributed by atoms with Crippen molar-refractivity contribution in [3.8, 4) is 0 Å². The van der Waals surface area contributed by atoms with Crippen LogP contribution in [0.15, 0.2) is 29.1 Å². The molecule has 0 aliphatic rings. The van der Waals surface area contributed by atoms with E-state index >= 15 is 0 Å². The zero-order chi connectivity index (χ0) is 10.8. The number of pyridine rings is 1. The van der Waals surface area contributed by atoms with E-state index in [0.717, 1.165) is 15.6 Å². The van der Waals surface area contributed by atoms with Crippen LogP contribution >= 0.6 is 15.9 Å². The Morgan fingerprint density at radius 3 is 2.87 bits per heavy atom. The van der Waals surface area contributed by atoms with E-state index < -0.39 is 0 Å². The molecule has 0 spiro atoms. The van der Waals surface area contributed by atoms with Gasteiger partial charge in [0.25, 0.3) is 0 Å². The highest BCUT2D eigenvalue weighted by atomic mass is 79.9. The minimum Gasteiger partial charge on any atom is -0.381 e. The number of aryl methyl sites for hydroxylation is 1. The van der Waals surface area contributed by atoms with E-state index in [9.17, 15) is 0 Å². The molecule has 4 nitrogen and oxygen atoms in total. The van der Waals surface area contributed by atoms with Crippen molar-refractivity contribution in [2.75, 3.05) is 5.73 Å². The fourth-order valence-corrected chi connectivity index (χ4v) is 1.70. The van der Waals surface area contributed by atoms with Crippen LogP contribution in [-0.4, -0.2) is 14.8 Å². The molecule has 78 valence electrons. The second-order valence-corrected chi connectivity index (χ2v) is 4.28. The zero-order valence-corrected chi connectivity index (χ0v) is 9.90. The van der Waals surface area contributed by atoms with E-state index in [1.165, 1.54) is 0 Å². The van der Waals surface area contributed by atoms with Crippen LogP contribution in [0.3, 0.4) is 0 Å². The molecule has 0 aliphatic heterocycles. The Morgan fingerprint density at radius 2 is 2.27 bits per heavy atom. The summed E-state index contributed by atoms with van der Waals surface area (Å²) in [7, 11) is 0. The number of hydrogen-bond donors (Lipinski definition) is 1. The van der Waals surface area contributed by atoms with Crippen molar-refractivity contribution in [3.63, 3.8) is 0 Å². The summed E-state index contributed by atoms with van der Waals surface area (Å²) in [4.78, 5) is 4.13. The maximum Gasteiger partial charge on any atom is 0.159 e. The number of halogens is 1. The van der Waals surface area contributed by atoms with Gasteiger partial charge in [0.05, 0.1) is 11.0 Å². The SMILES string of the molecule is Cc1cncc(Cn2cc(Br)c(N)n2)c1. The van der Waals surface area contributed by atoms with Crippen LogP contribution in [0.4, 0.5) is 5.82 Å². The van der Waals surface area contributed by atoms with Crippen LogP contribution < -0.4 is 5.73 Å². The summed E-state index contributed by atoms with van der Waals surface area (Å²) in [5.41, 5.74) is 7.89. The van der Waals surface area contributed by atoms with Gasteiger partial charge in [-0.3, -0.25) is 9.67 Å². The summed E-state index contributed by atoms with van der Waals surface area (Å²) >= 11 is 3.32. The van der Waals surface area contributed by atoms with E-state index in [2.05, 4.69) is 32.1 Å². The molecule has 2 heterocycles. The average Bonchev–Trinajstić information content (AvgIpc) is 2.45. The zero-order valence-electron chi connectivity index (χ0n) is 8.31. The van der Waals surface area contributed by atoms with Crippen LogP contribution in [-0.2, 0) is 6.54 Å². The van der Waals surface area contributed by atoms with Crippen molar-refractivity contribution in [3.05, 3.63) is 40.3 Å². The van der Waals surface area contributed by atoms with Crippen molar-refractivity contribution >= 4 is 21.7 Å². The fraction of sp³-hybridized carbons (Fsp3) is 0.200. The van der Waals surface area contributed by atoms with E-state index in [1.807, 2.05) is 25.5 Å². The lowest BCUT2D eigenvalue weighted by Crippen LogP contribution is -2.01. The van der Waals surface area contributed by atoms with Crippen molar-refractivity contribution < 1.29 is 0 Å². The summed E-state index contributed by atoms with van der Waals surface area (Å²) < 4.78 is 2.61. The molecule has 2 aromatic rings. The first-order valence-corrected chi connectivity index (χ1v) is 5.33. The molecule has 2 rings (SSSR count). The van der Waals surface area contributed by atoms with Gasteiger partial charge in [0, 0.05) is 18.6 Å². The van der Waals surface area contributed by atoms with Crippen molar-refractivity contribution in [1.29, 1.82) is 0 Å². The van der Waals surface area contributed by atoms with Gasteiger partial charge in [-0.15, -0.1) is 0 Å². The summed E-state index contributed by atoms with van der Waals surface area (Å²) in [5, 5.41) is 4.15. The quantitative estimate of drug-likeness (QED) is 0.905. The maximum absolute atomic E-state index is 5.63. The average molecular weight is 267 g/mol. The minimum atomic E-state index is 0.510. The molecular weight excluding hydrogens is 256 g/mol. The number of nitrogens with zero attached hydrogens (tertiary/aromatic N) is 3. The third kappa shape index (κ3) is 2.36. The molecule has 15 heavy (non-hydrogen) atoms. The topological polar surface area (TPSA) is 56.7 Å². The lowest BCUT2D eigenvalue weighted by molar-refractivity contribution is 0.687. The molecule has 0 aromatic carbocycles. The van der Waals surface area contributed by atoms with Gasteiger partial charge in [-0.1, -0.05) is 6.07 Å². The summed E-state index contributed by atoms with van der Waals surface area (Å²) in [5.74, 6) is 0.510. The molecule has 2 aromatic heterocycles. The number of anilines is 1. The fourth-order valence-electron chi connectivity index (χ4n) is 1.38. The predicted molar refractivity (Wildman–Crippen MR) is 62.4 cm³/mol. The van der Waals surface area contributed by atoms with Crippen LogP contribution in [0.5, 0.6) is 0 Å². The van der Waals surface area contributed by atoms with Gasteiger partial charge >= 0.3 is 0 Å². The lowest BCUT2D eigenvalue weighted by Gasteiger charge is -2.01. The van der Waals surface area contributed by atoms with E-state index in [-0.39, 0.29) is 0 Å². The number of rotatable bonds is 2. The van der Waals surface area contributed by atoms with Gasteiger partial charge in [0.15, 0.2) is 5.82 Å². The van der Waals surface area contributed by atoms with Gasteiger partial charge in [-0.25, -0.2) is 0 Å². The van der Waals surface area contributed by atoms with Gasteiger partial charge in [0.1, 0.15) is 0 Å². The van der Waals surface area contributed by atoms with Crippen LogP contribution in [0.25, 0.3) is 0 Å². The van der Waals surface area contributed by atoms with Gasteiger partial charge < -0.3 is 5.73 Å². The lowest BCUT2D eigenvalue weighted by atomic mass is 10.2. The van der Waals surface area contributed by atoms with Crippen LogP contribution in [0.2, 0.25) is 0 Å². The molecule has 0 fully saturated rings. The molecule has 0 radical (unpaired) electrons. The third-order valence-corrected chi connectivity index (χ3v) is 2.63. The Labute approximate surface area is 96.3 Å². The molecular formula is C10H11BrN4. The third-order valence-electron chi connectivity index (χ3n) is 2.02. The molecule has 0 amide bonds. The van der Waals surface area contributed by atoms with E-state index in [4.69, 9.17) is 5.73 Å². The Morgan fingerprint density at radius 1 is 1.47 bits per heavy atom. The molecule has 0 atom stereocenters. The summed E-state index contributed by atoms with van der Waals surface area (Å²) in [6, 6.07) is 2.08. The number of nitrogens with two attached hydrogens (primary N) is 1. The summed E-state index contributed by atoms with van der Waals surface area (Å²) in [6.07, 6.45) is 5.52. The molecule has 5 heteroatoms. The highest BCUT2D eigenvalue weighted by Crippen LogP contribution is 2.17. The number of hydrogen-bond acceptors (Lipinski definition) is 3. The first kappa shape index (κ1) is 10.2. The molecule has 0 saturated carbocycles. The summed E-state index contributed by atoms with van der Waals surface area (Å²) in [6.45, 7) is 2.70. The number of aromatic nitrogens is 3. The number of nitrogen functional groups attached to an aromatic ring is 1. The molecule has 0 aliphatic carbocycles. The Balaban J connectivity index is 2.22. The van der Waals surface area contributed by atoms with E-state index in [0.29, 0.717) is 12.4 Å². The van der Waals surface area contributed by atoms with E-state index in [1.54, 1.807) is 4.68 Å². The first-order chi connectivity index (χ1) is 7.15. The largest absolute Gasteiger partial charge is 0.381 e. The van der Waals surface area contributed by atoms with Gasteiger partial charge in [-0.05, 0) is 34.0 Å². The standard InChI is InChI=1S/C10H11BrN4/c1-7-2-8(4-13-3-7)5-15-6-9(11)10(12)14-15/h2-4,6H,5H2,1H3,(H2,12,14).